The number of carbonyl (C=O) groups is 2. The van der Waals surface area contributed by atoms with Crippen molar-refractivity contribution in [1.82, 2.24) is 0 Å². The van der Waals surface area contributed by atoms with Crippen molar-refractivity contribution < 1.29 is 9.59 Å². The predicted molar refractivity (Wildman–Crippen MR) is 101 cm³/mol. The molecule has 2 aromatic carbocycles. The summed E-state index contributed by atoms with van der Waals surface area (Å²) in [5, 5.41) is 6.11. The second-order valence-electron chi connectivity index (χ2n) is 6.48. The van der Waals surface area contributed by atoms with E-state index in [0.29, 0.717) is 5.69 Å². The molecule has 130 valence electrons. The fraction of sp³-hybridized carbons (Fsp3) is 0.300. The second-order valence-corrected chi connectivity index (χ2v) is 6.48. The lowest BCUT2D eigenvalue weighted by molar-refractivity contribution is -0.118. The number of amides is 2. The normalized spacial score (nSPS) is 16.7. The summed E-state index contributed by atoms with van der Waals surface area (Å²) in [6, 6.07) is 13.2. The van der Waals surface area contributed by atoms with Crippen molar-refractivity contribution in [3.8, 4) is 0 Å². The molecule has 25 heavy (non-hydrogen) atoms. The van der Waals surface area contributed by atoms with Gasteiger partial charge in [0, 0.05) is 18.2 Å². The van der Waals surface area contributed by atoms with Crippen molar-refractivity contribution >= 4 is 28.9 Å². The first-order valence-electron chi connectivity index (χ1n) is 8.48. The number of rotatable bonds is 3. The van der Waals surface area contributed by atoms with Gasteiger partial charge in [-0.05, 0) is 50.1 Å². The van der Waals surface area contributed by atoms with E-state index in [1.165, 1.54) is 5.56 Å². The zero-order valence-corrected chi connectivity index (χ0v) is 14.8. The van der Waals surface area contributed by atoms with Crippen LogP contribution in [0, 0.1) is 13.8 Å². The number of nitrogens with zero attached hydrogens (tertiary/aromatic N) is 1. The van der Waals surface area contributed by atoms with Gasteiger partial charge in [-0.15, -0.1) is 0 Å². The Hall–Kier alpha value is -2.82. The largest absolute Gasteiger partial charge is 0.376 e. The van der Waals surface area contributed by atoms with Gasteiger partial charge in [-0.3, -0.25) is 9.59 Å². The monoisotopic (exact) mass is 337 g/mol. The molecule has 2 amide bonds. The summed E-state index contributed by atoms with van der Waals surface area (Å²) in [5.74, 6) is -0.130. The highest BCUT2D eigenvalue weighted by Gasteiger charge is 2.29. The molecule has 1 unspecified atom stereocenters. The van der Waals surface area contributed by atoms with E-state index in [-0.39, 0.29) is 30.8 Å². The average Bonchev–Trinajstić information content (AvgIpc) is 2.70. The number of benzene rings is 2. The summed E-state index contributed by atoms with van der Waals surface area (Å²) < 4.78 is 0. The van der Waals surface area contributed by atoms with Gasteiger partial charge >= 0.3 is 0 Å². The van der Waals surface area contributed by atoms with Crippen LogP contribution in [0.5, 0.6) is 0 Å². The van der Waals surface area contributed by atoms with Crippen LogP contribution < -0.4 is 15.5 Å². The molecule has 0 fully saturated rings. The number of fused-ring (bicyclic) bond motifs is 1. The summed E-state index contributed by atoms with van der Waals surface area (Å²) in [7, 11) is 0. The molecule has 2 N–H and O–H groups in total. The van der Waals surface area contributed by atoms with Crippen LogP contribution in [-0.4, -0.2) is 24.4 Å². The van der Waals surface area contributed by atoms with Gasteiger partial charge in [0.05, 0.1) is 17.9 Å². The van der Waals surface area contributed by atoms with E-state index in [1.54, 1.807) is 4.90 Å². The number of aryl methyl sites for hydroxylation is 1. The standard InChI is InChI=1S/C20H23N3O2/c1-13-7-6-9-16(15(13)3)21-12-20(25)23-14(2)11-19(24)22-17-8-4-5-10-18(17)23/h4-10,14,21H,11-12H2,1-3H3,(H,22,24). The van der Waals surface area contributed by atoms with Crippen LogP contribution in [0.4, 0.5) is 17.1 Å². The summed E-state index contributed by atoms with van der Waals surface area (Å²) >= 11 is 0. The number of nitrogens with one attached hydrogen (secondary N) is 2. The highest BCUT2D eigenvalue weighted by Crippen LogP contribution is 2.31. The number of hydrogen-bond donors (Lipinski definition) is 2. The molecule has 5 nitrogen and oxygen atoms in total. The molecule has 0 saturated heterocycles. The third-order valence-electron chi connectivity index (χ3n) is 4.66. The molecule has 1 aliphatic rings. The van der Waals surface area contributed by atoms with Gasteiger partial charge in [0.2, 0.25) is 11.8 Å². The van der Waals surface area contributed by atoms with Crippen molar-refractivity contribution in [3.63, 3.8) is 0 Å². The molecular weight excluding hydrogens is 314 g/mol. The topological polar surface area (TPSA) is 61.4 Å². The van der Waals surface area contributed by atoms with E-state index >= 15 is 0 Å². The third kappa shape index (κ3) is 3.50. The summed E-state index contributed by atoms with van der Waals surface area (Å²) in [4.78, 5) is 26.7. The quantitative estimate of drug-likeness (QED) is 0.901. The fourth-order valence-electron chi connectivity index (χ4n) is 3.17. The van der Waals surface area contributed by atoms with Crippen LogP contribution >= 0.6 is 0 Å². The smallest absolute Gasteiger partial charge is 0.246 e. The minimum atomic E-state index is -0.198. The number of anilines is 3. The Morgan fingerprint density at radius 1 is 1.20 bits per heavy atom. The Labute approximate surface area is 148 Å². The Morgan fingerprint density at radius 3 is 2.76 bits per heavy atom. The molecule has 3 rings (SSSR count). The van der Waals surface area contributed by atoms with Crippen LogP contribution in [-0.2, 0) is 9.59 Å². The first-order chi connectivity index (χ1) is 12.0. The molecule has 0 aliphatic carbocycles. The Morgan fingerprint density at radius 2 is 1.96 bits per heavy atom. The van der Waals surface area contributed by atoms with Gasteiger partial charge in [0.1, 0.15) is 0 Å². The van der Waals surface area contributed by atoms with Gasteiger partial charge in [-0.1, -0.05) is 24.3 Å². The van der Waals surface area contributed by atoms with Gasteiger partial charge in [0.15, 0.2) is 0 Å². The maximum Gasteiger partial charge on any atom is 0.246 e. The van der Waals surface area contributed by atoms with E-state index in [1.807, 2.05) is 63.2 Å². The second kappa shape index (κ2) is 6.97. The number of hydrogen-bond acceptors (Lipinski definition) is 3. The van der Waals surface area contributed by atoms with Gasteiger partial charge < -0.3 is 15.5 Å². The van der Waals surface area contributed by atoms with E-state index in [0.717, 1.165) is 16.9 Å². The Kier molecular flexibility index (Phi) is 4.74. The van der Waals surface area contributed by atoms with E-state index in [9.17, 15) is 9.59 Å². The van der Waals surface area contributed by atoms with Crippen LogP contribution in [0.25, 0.3) is 0 Å². The van der Waals surface area contributed by atoms with E-state index in [2.05, 4.69) is 10.6 Å². The molecular formula is C20H23N3O2. The van der Waals surface area contributed by atoms with Gasteiger partial charge in [0.25, 0.3) is 0 Å². The summed E-state index contributed by atoms with van der Waals surface area (Å²) in [6.45, 7) is 6.16. The van der Waals surface area contributed by atoms with Crippen molar-refractivity contribution in [3.05, 3.63) is 53.6 Å². The number of carbonyl (C=O) groups excluding carboxylic acids is 2. The highest BCUT2D eigenvalue weighted by atomic mass is 16.2. The van der Waals surface area contributed by atoms with Crippen LogP contribution in [0.1, 0.15) is 24.5 Å². The van der Waals surface area contributed by atoms with Crippen molar-refractivity contribution in [2.24, 2.45) is 0 Å². The molecule has 0 saturated carbocycles. The molecule has 0 bridgehead atoms. The van der Waals surface area contributed by atoms with Crippen molar-refractivity contribution in [1.29, 1.82) is 0 Å². The lowest BCUT2D eigenvalue weighted by atomic mass is 10.1. The molecule has 0 aromatic heterocycles. The minimum Gasteiger partial charge on any atom is -0.376 e. The maximum atomic E-state index is 12.9. The van der Waals surface area contributed by atoms with Crippen LogP contribution in [0.2, 0.25) is 0 Å². The molecule has 1 atom stereocenters. The SMILES string of the molecule is Cc1cccc(NCC(=O)N2c3ccccc3NC(=O)CC2C)c1C. The average molecular weight is 337 g/mol. The Bertz CT molecular complexity index is 816. The fourth-order valence-corrected chi connectivity index (χ4v) is 3.17. The predicted octanol–water partition coefficient (Wildman–Crippen LogP) is 3.48. The third-order valence-corrected chi connectivity index (χ3v) is 4.66. The lowest BCUT2D eigenvalue weighted by Crippen LogP contribution is -2.42. The van der Waals surface area contributed by atoms with E-state index in [4.69, 9.17) is 0 Å². The number of para-hydroxylation sites is 2. The molecule has 1 aliphatic heterocycles. The van der Waals surface area contributed by atoms with Crippen molar-refractivity contribution in [2.75, 3.05) is 22.1 Å². The Balaban J connectivity index is 1.83. The molecule has 1 heterocycles. The van der Waals surface area contributed by atoms with Crippen molar-refractivity contribution in [2.45, 2.75) is 33.2 Å². The zero-order valence-electron chi connectivity index (χ0n) is 14.8. The minimum absolute atomic E-state index is 0.0580. The zero-order chi connectivity index (χ0) is 18.0. The molecule has 0 spiro atoms. The van der Waals surface area contributed by atoms with Gasteiger partial charge in [-0.2, -0.15) is 0 Å². The molecule has 5 heteroatoms. The lowest BCUT2D eigenvalue weighted by Gasteiger charge is -2.28. The van der Waals surface area contributed by atoms with Crippen LogP contribution in [0.15, 0.2) is 42.5 Å². The van der Waals surface area contributed by atoms with Gasteiger partial charge in [-0.25, -0.2) is 0 Å². The summed E-state index contributed by atoms with van der Waals surface area (Å²) in [5.41, 5.74) is 4.70. The molecule has 0 radical (unpaired) electrons. The van der Waals surface area contributed by atoms with Crippen LogP contribution in [0.3, 0.4) is 0 Å². The first kappa shape index (κ1) is 17.0. The highest BCUT2D eigenvalue weighted by molar-refractivity contribution is 6.05. The van der Waals surface area contributed by atoms with E-state index < -0.39 is 0 Å². The maximum absolute atomic E-state index is 12.9. The molecule has 2 aromatic rings. The summed E-state index contributed by atoms with van der Waals surface area (Å²) in [6.07, 6.45) is 0.282. The first-order valence-corrected chi connectivity index (χ1v) is 8.48.